The lowest BCUT2D eigenvalue weighted by atomic mass is 10.1. The van der Waals surface area contributed by atoms with Gasteiger partial charge < -0.3 is 20.5 Å². The molecular weight excluding hydrogens is 247 g/mol. The lowest BCUT2D eigenvalue weighted by molar-refractivity contribution is 0.147. The summed E-state index contributed by atoms with van der Waals surface area (Å²) >= 11 is 0. The zero-order chi connectivity index (χ0) is 13.5. The predicted molar refractivity (Wildman–Crippen MR) is 72.9 cm³/mol. The molecule has 0 aliphatic carbocycles. The summed E-state index contributed by atoms with van der Waals surface area (Å²) in [6.07, 6.45) is 2.48. The van der Waals surface area contributed by atoms with E-state index < -0.39 is 0 Å². The highest BCUT2D eigenvalue weighted by atomic mass is 19.1. The molecule has 104 valence electrons. The molecule has 1 aromatic rings. The zero-order valence-corrected chi connectivity index (χ0v) is 10.8. The van der Waals surface area contributed by atoms with Crippen LogP contribution < -0.4 is 15.8 Å². The molecule has 3 N–H and O–H groups in total. The summed E-state index contributed by atoms with van der Waals surface area (Å²) in [5.74, 6) is 0.694. The van der Waals surface area contributed by atoms with Crippen molar-refractivity contribution < 1.29 is 13.9 Å². The molecule has 2 rings (SSSR count). The van der Waals surface area contributed by atoms with Gasteiger partial charge in [0.05, 0.1) is 6.33 Å². The first-order chi connectivity index (χ1) is 9.33. The van der Waals surface area contributed by atoms with Crippen molar-refractivity contribution in [3.63, 3.8) is 0 Å². The molecular formula is C14H19FN2O2. The lowest BCUT2D eigenvalue weighted by Crippen LogP contribution is -2.13. The van der Waals surface area contributed by atoms with Crippen molar-refractivity contribution in [3.8, 4) is 5.75 Å². The van der Waals surface area contributed by atoms with Crippen molar-refractivity contribution >= 4 is 5.69 Å². The van der Waals surface area contributed by atoms with Crippen LogP contribution in [0, 0.1) is 0 Å². The van der Waals surface area contributed by atoms with Crippen molar-refractivity contribution in [3.05, 3.63) is 35.7 Å². The summed E-state index contributed by atoms with van der Waals surface area (Å²) in [4.78, 5) is 0. The quantitative estimate of drug-likeness (QED) is 0.877. The molecule has 0 saturated carbocycles. The summed E-state index contributed by atoms with van der Waals surface area (Å²) in [6.45, 7) is 1.59. The number of anilines is 1. The molecule has 5 heteroatoms. The minimum Gasteiger partial charge on any atom is -0.489 e. The third kappa shape index (κ3) is 3.94. The number of aryl methyl sites for hydroxylation is 1. The van der Waals surface area contributed by atoms with Crippen LogP contribution in [0.1, 0.15) is 12.0 Å². The van der Waals surface area contributed by atoms with Gasteiger partial charge in [0.1, 0.15) is 19.1 Å². The number of nitrogens with two attached hydrogens (primary N) is 1. The van der Waals surface area contributed by atoms with Crippen molar-refractivity contribution in [2.24, 2.45) is 5.73 Å². The number of halogens is 1. The third-order valence-electron chi connectivity index (χ3n) is 3.02. The van der Waals surface area contributed by atoms with Gasteiger partial charge in [-0.1, -0.05) is 6.07 Å². The minimum atomic E-state index is 0.160. The van der Waals surface area contributed by atoms with Gasteiger partial charge in [-0.15, -0.1) is 0 Å². The maximum Gasteiger partial charge on any atom is 0.121 e. The van der Waals surface area contributed by atoms with Crippen LogP contribution in [0.25, 0.3) is 0 Å². The summed E-state index contributed by atoms with van der Waals surface area (Å²) < 4.78 is 23.3. The second-order valence-electron chi connectivity index (χ2n) is 4.41. The Hall–Kier alpha value is -1.59. The lowest BCUT2D eigenvalue weighted by Gasteiger charge is -2.17. The zero-order valence-electron chi connectivity index (χ0n) is 10.8. The minimum absolute atomic E-state index is 0.160. The topological polar surface area (TPSA) is 56.5 Å². The Morgan fingerprint density at radius 1 is 1.53 bits per heavy atom. The summed E-state index contributed by atoms with van der Waals surface area (Å²) in [5.41, 5.74) is 8.07. The van der Waals surface area contributed by atoms with Gasteiger partial charge in [-0.2, -0.15) is 0 Å². The summed E-state index contributed by atoms with van der Waals surface area (Å²) in [7, 11) is 0. The Morgan fingerprint density at radius 2 is 2.42 bits per heavy atom. The average Bonchev–Trinajstić information content (AvgIpc) is 2.41. The summed E-state index contributed by atoms with van der Waals surface area (Å²) in [6, 6.07) is 5.84. The second-order valence-corrected chi connectivity index (χ2v) is 4.41. The van der Waals surface area contributed by atoms with Crippen molar-refractivity contribution in [1.82, 2.24) is 0 Å². The Morgan fingerprint density at radius 3 is 3.21 bits per heavy atom. The number of hydrogen-bond donors (Lipinski definition) is 2. The van der Waals surface area contributed by atoms with Crippen LogP contribution in [0.2, 0.25) is 0 Å². The molecule has 4 nitrogen and oxygen atoms in total. The molecule has 0 radical (unpaired) electrons. The number of benzene rings is 1. The molecule has 0 unspecified atom stereocenters. The smallest absolute Gasteiger partial charge is 0.121 e. The van der Waals surface area contributed by atoms with Gasteiger partial charge in [0.25, 0.3) is 0 Å². The van der Waals surface area contributed by atoms with Gasteiger partial charge in [-0.3, -0.25) is 0 Å². The first-order valence-electron chi connectivity index (χ1n) is 6.39. The number of fused-ring (bicyclic) bond motifs is 1. The van der Waals surface area contributed by atoms with Gasteiger partial charge in [0.2, 0.25) is 0 Å². The first-order valence-corrected chi connectivity index (χ1v) is 6.39. The Bertz CT molecular complexity index is 449. The van der Waals surface area contributed by atoms with Crippen LogP contribution in [-0.4, -0.2) is 26.5 Å². The number of rotatable bonds is 4. The van der Waals surface area contributed by atoms with E-state index in [9.17, 15) is 4.39 Å². The van der Waals surface area contributed by atoms with Crippen LogP contribution in [0.4, 0.5) is 10.1 Å². The first kappa shape index (κ1) is 13.8. The SMILES string of the molecule is NC/C(=C/F)COc1ccc2c(c1)NCOCCC2. The Labute approximate surface area is 112 Å². The fourth-order valence-corrected chi connectivity index (χ4v) is 1.90. The maximum absolute atomic E-state index is 12.4. The predicted octanol–water partition coefficient (Wildman–Crippen LogP) is 2.21. The van der Waals surface area contributed by atoms with Crippen LogP contribution in [0.15, 0.2) is 30.1 Å². The maximum atomic E-state index is 12.4. The van der Waals surface area contributed by atoms with Crippen LogP contribution in [-0.2, 0) is 11.2 Å². The van der Waals surface area contributed by atoms with Gasteiger partial charge >= 0.3 is 0 Å². The number of hydrogen-bond acceptors (Lipinski definition) is 4. The average molecular weight is 266 g/mol. The highest BCUT2D eigenvalue weighted by molar-refractivity contribution is 5.55. The molecule has 0 amide bonds. The van der Waals surface area contributed by atoms with Crippen LogP contribution >= 0.6 is 0 Å². The van der Waals surface area contributed by atoms with Gasteiger partial charge in [-0.05, 0) is 24.5 Å². The molecule has 0 saturated heterocycles. The Balaban J connectivity index is 2.04. The van der Waals surface area contributed by atoms with Gasteiger partial charge in [0, 0.05) is 30.5 Å². The fourth-order valence-electron chi connectivity index (χ4n) is 1.90. The molecule has 0 bridgehead atoms. The van der Waals surface area contributed by atoms with Gasteiger partial charge in [-0.25, -0.2) is 4.39 Å². The van der Waals surface area contributed by atoms with E-state index >= 15 is 0 Å². The standard InChI is InChI=1S/C14H19FN2O2/c15-7-11(8-16)9-19-13-4-3-12-2-1-5-18-10-17-14(12)6-13/h3-4,6-7,17H,1-2,5,8-10,16H2/b11-7-. The summed E-state index contributed by atoms with van der Waals surface area (Å²) in [5, 5.41) is 3.21. The molecule has 19 heavy (non-hydrogen) atoms. The van der Waals surface area contributed by atoms with E-state index in [4.69, 9.17) is 15.2 Å². The second kappa shape index (κ2) is 7.11. The largest absolute Gasteiger partial charge is 0.489 e. The van der Waals surface area contributed by atoms with Gasteiger partial charge in [0.15, 0.2) is 0 Å². The van der Waals surface area contributed by atoms with E-state index in [-0.39, 0.29) is 13.2 Å². The number of ether oxygens (including phenoxy) is 2. The van der Waals surface area contributed by atoms with E-state index in [1.54, 1.807) is 0 Å². The van der Waals surface area contributed by atoms with Crippen LogP contribution in [0.3, 0.4) is 0 Å². The third-order valence-corrected chi connectivity index (χ3v) is 3.02. The highest BCUT2D eigenvalue weighted by Gasteiger charge is 2.08. The molecule has 1 heterocycles. The van der Waals surface area contributed by atoms with Crippen LogP contribution in [0.5, 0.6) is 5.75 Å². The Kier molecular flexibility index (Phi) is 5.18. The van der Waals surface area contributed by atoms with E-state index in [0.29, 0.717) is 24.4 Å². The normalized spacial score (nSPS) is 16.0. The van der Waals surface area contributed by atoms with E-state index in [2.05, 4.69) is 5.32 Å². The number of nitrogens with one attached hydrogen (secondary N) is 1. The fraction of sp³-hybridized carbons (Fsp3) is 0.429. The molecule has 1 aliphatic rings. The molecule has 1 aliphatic heterocycles. The molecule has 0 aromatic heterocycles. The monoisotopic (exact) mass is 266 g/mol. The van der Waals surface area contributed by atoms with Crippen molar-refractivity contribution in [1.29, 1.82) is 0 Å². The molecule has 0 atom stereocenters. The van der Waals surface area contributed by atoms with E-state index in [1.807, 2.05) is 18.2 Å². The van der Waals surface area contributed by atoms with Crippen molar-refractivity contribution in [2.75, 3.05) is 31.8 Å². The van der Waals surface area contributed by atoms with E-state index in [0.717, 1.165) is 25.1 Å². The molecule has 0 fully saturated rings. The highest BCUT2D eigenvalue weighted by Crippen LogP contribution is 2.25. The molecule has 0 spiro atoms. The molecule has 1 aromatic carbocycles. The van der Waals surface area contributed by atoms with Crippen molar-refractivity contribution in [2.45, 2.75) is 12.8 Å². The van der Waals surface area contributed by atoms with E-state index in [1.165, 1.54) is 5.56 Å².